The van der Waals surface area contributed by atoms with E-state index in [4.69, 9.17) is 4.98 Å². The Labute approximate surface area is 191 Å². The average Bonchev–Trinajstić information content (AvgIpc) is 3.22. The lowest BCUT2D eigenvalue weighted by atomic mass is 9.65. The number of nitrogens with one attached hydrogen (secondary N) is 1. The molecular formula is C28H32N4. The maximum absolute atomic E-state index is 4.73. The molecule has 2 aliphatic rings. The quantitative estimate of drug-likeness (QED) is 0.598. The molecule has 4 heteroatoms. The van der Waals surface area contributed by atoms with Gasteiger partial charge >= 0.3 is 0 Å². The summed E-state index contributed by atoms with van der Waals surface area (Å²) in [5.41, 5.74) is 11.4. The Morgan fingerprint density at radius 2 is 1.94 bits per heavy atom. The molecule has 4 nitrogen and oxygen atoms in total. The second kappa shape index (κ2) is 8.18. The molecule has 0 atom stereocenters. The van der Waals surface area contributed by atoms with Crippen LogP contribution in [0, 0.1) is 12.3 Å². The van der Waals surface area contributed by atoms with Crippen molar-refractivity contribution in [3.8, 4) is 11.1 Å². The van der Waals surface area contributed by atoms with Crippen molar-refractivity contribution in [2.45, 2.75) is 39.5 Å². The molecule has 32 heavy (non-hydrogen) atoms. The average molecular weight is 425 g/mol. The van der Waals surface area contributed by atoms with Gasteiger partial charge in [0, 0.05) is 41.8 Å². The van der Waals surface area contributed by atoms with Gasteiger partial charge in [-0.05, 0) is 91.9 Å². The summed E-state index contributed by atoms with van der Waals surface area (Å²) in [6, 6.07) is 9.21. The predicted octanol–water partition coefficient (Wildman–Crippen LogP) is 5.57. The lowest BCUT2D eigenvalue weighted by molar-refractivity contribution is 0.201. The first-order chi connectivity index (χ1) is 15.5. The highest BCUT2D eigenvalue weighted by molar-refractivity contribution is 5.84. The van der Waals surface area contributed by atoms with E-state index >= 15 is 0 Å². The topological polar surface area (TPSA) is 42.7 Å². The third-order valence-electron chi connectivity index (χ3n) is 7.32. The van der Waals surface area contributed by atoms with Crippen molar-refractivity contribution in [1.82, 2.24) is 20.1 Å². The molecule has 1 fully saturated rings. The molecule has 0 amide bonds. The van der Waals surface area contributed by atoms with Crippen LogP contribution in [0.1, 0.15) is 54.1 Å². The fourth-order valence-corrected chi connectivity index (χ4v) is 5.59. The number of pyridine rings is 1. The molecule has 164 valence electrons. The Balaban J connectivity index is 1.54. The van der Waals surface area contributed by atoms with Crippen LogP contribution in [0.25, 0.3) is 22.3 Å². The fraction of sp³-hybridized carbons (Fsp3) is 0.357. The molecule has 0 bridgehead atoms. The smallest absolute Gasteiger partial charge is 0.0568 e. The van der Waals surface area contributed by atoms with Crippen molar-refractivity contribution >= 4 is 11.1 Å². The van der Waals surface area contributed by atoms with Gasteiger partial charge in [-0.2, -0.15) is 5.10 Å². The molecule has 3 heterocycles. The minimum absolute atomic E-state index is 0.377. The maximum atomic E-state index is 4.73. The van der Waals surface area contributed by atoms with Gasteiger partial charge in [-0.1, -0.05) is 30.9 Å². The molecule has 0 radical (unpaired) electrons. The molecule has 5 rings (SSSR count). The first-order valence-corrected chi connectivity index (χ1v) is 11.6. The highest BCUT2D eigenvalue weighted by atomic mass is 15.2. The minimum atomic E-state index is 0.377. The summed E-state index contributed by atoms with van der Waals surface area (Å²) in [5, 5.41) is 7.86. The molecule has 0 saturated carbocycles. The van der Waals surface area contributed by atoms with Crippen LogP contribution in [0.4, 0.5) is 0 Å². The summed E-state index contributed by atoms with van der Waals surface area (Å²) in [6.07, 6.45) is 12.9. The fourth-order valence-electron chi connectivity index (χ4n) is 5.59. The van der Waals surface area contributed by atoms with E-state index in [-0.39, 0.29) is 0 Å². The summed E-state index contributed by atoms with van der Waals surface area (Å²) in [4.78, 5) is 4.73. The van der Waals surface area contributed by atoms with Crippen molar-refractivity contribution in [3.63, 3.8) is 0 Å². The largest absolute Gasteiger partial charge is 0.317 e. The monoisotopic (exact) mass is 424 g/mol. The third kappa shape index (κ3) is 3.73. The van der Waals surface area contributed by atoms with Crippen LogP contribution in [0.3, 0.4) is 0 Å². The number of allylic oxidation sites excluding steroid dienone is 2. The van der Waals surface area contributed by atoms with Crippen LogP contribution in [0.5, 0.6) is 0 Å². The van der Waals surface area contributed by atoms with Crippen LogP contribution in [0.2, 0.25) is 0 Å². The Morgan fingerprint density at radius 1 is 1.12 bits per heavy atom. The standard InChI is InChI=1S/C28H32N4/c1-5-25(27-13-23(16-30-20(27)3)24-17-31-32(4)18-24)21-6-7-26-19(2)14-28(15-22(26)12-21)8-10-29-11-9-28/h5-7,12-13,16-18,29H,2,8-11,14-15H2,1,3-4H3/b25-5-. The molecule has 1 saturated heterocycles. The van der Waals surface area contributed by atoms with Crippen LogP contribution in [-0.2, 0) is 13.5 Å². The lowest BCUT2D eigenvalue weighted by Crippen LogP contribution is -2.40. The maximum Gasteiger partial charge on any atom is 0.0568 e. The second-order valence-electron chi connectivity index (χ2n) is 9.54. The number of aryl methyl sites for hydroxylation is 2. The first-order valence-electron chi connectivity index (χ1n) is 11.6. The minimum Gasteiger partial charge on any atom is -0.317 e. The van der Waals surface area contributed by atoms with Gasteiger partial charge in [0.1, 0.15) is 0 Å². The number of rotatable bonds is 3. The molecular weight excluding hydrogens is 392 g/mol. The Morgan fingerprint density at radius 3 is 2.66 bits per heavy atom. The van der Waals surface area contributed by atoms with Crippen molar-refractivity contribution in [2.75, 3.05) is 13.1 Å². The number of nitrogens with zero attached hydrogens (tertiary/aromatic N) is 3. The van der Waals surface area contributed by atoms with Crippen LogP contribution in [-0.4, -0.2) is 27.9 Å². The van der Waals surface area contributed by atoms with Crippen LogP contribution in [0.15, 0.2) is 55.5 Å². The Bertz CT molecular complexity index is 1210. The first kappa shape index (κ1) is 20.9. The molecule has 3 aromatic rings. The van der Waals surface area contributed by atoms with Crippen molar-refractivity contribution in [2.24, 2.45) is 12.5 Å². The zero-order valence-corrected chi connectivity index (χ0v) is 19.4. The normalized spacial score (nSPS) is 18.1. The molecule has 1 spiro atoms. The van der Waals surface area contributed by atoms with Crippen LogP contribution < -0.4 is 5.32 Å². The molecule has 1 aliphatic carbocycles. The van der Waals surface area contributed by atoms with E-state index in [0.717, 1.165) is 42.8 Å². The van der Waals surface area contributed by atoms with E-state index in [1.54, 1.807) is 0 Å². The number of fused-ring (bicyclic) bond motifs is 1. The van der Waals surface area contributed by atoms with Gasteiger partial charge in [0.25, 0.3) is 0 Å². The van der Waals surface area contributed by atoms with Gasteiger partial charge in [0.15, 0.2) is 0 Å². The number of hydrogen-bond donors (Lipinski definition) is 1. The summed E-state index contributed by atoms with van der Waals surface area (Å²) in [7, 11) is 1.94. The second-order valence-corrected chi connectivity index (χ2v) is 9.54. The van der Waals surface area contributed by atoms with Gasteiger partial charge in [-0.15, -0.1) is 0 Å². The van der Waals surface area contributed by atoms with E-state index in [0.29, 0.717) is 5.41 Å². The van der Waals surface area contributed by atoms with E-state index in [2.05, 4.69) is 61.2 Å². The third-order valence-corrected chi connectivity index (χ3v) is 7.32. The van der Waals surface area contributed by atoms with Crippen molar-refractivity contribution in [3.05, 3.63) is 83.5 Å². The van der Waals surface area contributed by atoms with Crippen molar-refractivity contribution in [1.29, 1.82) is 0 Å². The summed E-state index contributed by atoms with van der Waals surface area (Å²) in [5.74, 6) is 0. The van der Waals surface area contributed by atoms with E-state index in [1.165, 1.54) is 46.2 Å². The van der Waals surface area contributed by atoms with Gasteiger partial charge in [-0.25, -0.2) is 0 Å². The van der Waals surface area contributed by atoms with Gasteiger partial charge < -0.3 is 5.32 Å². The SMILES string of the molecule is C=C1CC2(CCNCC2)Cc2cc(/C(=C/C)c3cc(-c4cnn(C)c4)cnc3C)ccc21. The number of piperidine rings is 1. The molecule has 1 aromatic carbocycles. The highest BCUT2D eigenvalue weighted by Gasteiger charge is 2.37. The molecule has 2 aromatic heterocycles. The molecule has 1 N–H and O–H groups in total. The van der Waals surface area contributed by atoms with Gasteiger partial charge in [0.05, 0.1) is 6.20 Å². The Kier molecular flexibility index (Phi) is 5.34. The highest BCUT2D eigenvalue weighted by Crippen LogP contribution is 2.47. The van der Waals surface area contributed by atoms with Crippen LogP contribution >= 0.6 is 0 Å². The Hall–Kier alpha value is -2.98. The van der Waals surface area contributed by atoms with E-state index < -0.39 is 0 Å². The van der Waals surface area contributed by atoms with Gasteiger partial charge in [-0.3, -0.25) is 9.67 Å². The lowest BCUT2D eigenvalue weighted by Gasteiger charge is -2.42. The van der Waals surface area contributed by atoms with E-state index in [1.807, 2.05) is 30.3 Å². The van der Waals surface area contributed by atoms with E-state index in [9.17, 15) is 0 Å². The van der Waals surface area contributed by atoms with Gasteiger partial charge in [0.2, 0.25) is 0 Å². The zero-order chi connectivity index (χ0) is 22.3. The summed E-state index contributed by atoms with van der Waals surface area (Å²) < 4.78 is 1.83. The number of benzene rings is 1. The number of aromatic nitrogens is 3. The summed E-state index contributed by atoms with van der Waals surface area (Å²) in [6.45, 7) is 10.9. The zero-order valence-electron chi connectivity index (χ0n) is 19.4. The summed E-state index contributed by atoms with van der Waals surface area (Å²) >= 11 is 0. The molecule has 0 unspecified atom stereocenters. The molecule has 1 aliphatic heterocycles. The predicted molar refractivity (Wildman–Crippen MR) is 132 cm³/mol. The number of hydrogen-bond acceptors (Lipinski definition) is 3. The van der Waals surface area contributed by atoms with Crippen molar-refractivity contribution < 1.29 is 0 Å².